The van der Waals surface area contributed by atoms with Crippen molar-refractivity contribution in [3.05, 3.63) is 11.7 Å². The van der Waals surface area contributed by atoms with Crippen LogP contribution in [0.25, 0.3) is 0 Å². The van der Waals surface area contributed by atoms with Crippen LogP contribution in [0.3, 0.4) is 0 Å². The van der Waals surface area contributed by atoms with Gasteiger partial charge >= 0.3 is 0 Å². The van der Waals surface area contributed by atoms with Gasteiger partial charge in [-0.25, -0.2) is 0 Å². The number of aryl methyl sites for hydroxylation is 1. The molecule has 0 aliphatic carbocycles. The molecular weight excluding hydrogens is 258 g/mol. The molecule has 0 spiro atoms. The highest BCUT2D eigenvalue weighted by Crippen LogP contribution is 2.30. The number of amides is 1. The lowest BCUT2D eigenvalue weighted by Crippen LogP contribution is -2.39. The van der Waals surface area contributed by atoms with Crippen LogP contribution in [0.1, 0.15) is 56.8 Å². The number of piperidine rings is 1. The molecule has 1 aromatic heterocycles. The van der Waals surface area contributed by atoms with E-state index in [9.17, 15) is 4.79 Å². The van der Waals surface area contributed by atoms with Crippen molar-refractivity contribution < 1.29 is 14.1 Å². The molecule has 0 radical (unpaired) electrons. The topological polar surface area (TPSA) is 68.5 Å². The van der Waals surface area contributed by atoms with Crippen molar-refractivity contribution in [3.63, 3.8) is 0 Å². The van der Waals surface area contributed by atoms with E-state index in [1.54, 1.807) is 7.11 Å². The van der Waals surface area contributed by atoms with Crippen molar-refractivity contribution in [2.75, 3.05) is 20.3 Å². The van der Waals surface area contributed by atoms with Gasteiger partial charge in [0, 0.05) is 20.1 Å². The minimum Gasteiger partial charge on any atom is -0.384 e. The first-order chi connectivity index (χ1) is 9.76. The molecule has 2 heterocycles. The smallest absolute Gasteiger partial charge is 0.249 e. The molecule has 1 atom stereocenters. The van der Waals surface area contributed by atoms with E-state index in [2.05, 4.69) is 17.1 Å². The molecule has 0 aromatic carbocycles. The quantitative estimate of drug-likeness (QED) is 0.799. The van der Waals surface area contributed by atoms with Gasteiger partial charge < -0.3 is 14.2 Å². The lowest BCUT2D eigenvalue weighted by atomic mass is 10.0. The van der Waals surface area contributed by atoms with E-state index in [4.69, 9.17) is 9.26 Å². The zero-order valence-corrected chi connectivity index (χ0v) is 12.3. The van der Waals surface area contributed by atoms with Crippen LogP contribution in [-0.4, -0.2) is 41.2 Å². The molecule has 6 nitrogen and oxygen atoms in total. The van der Waals surface area contributed by atoms with Crippen LogP contribution in [0.2, 0.25) is 0 Å². The zero-order chi connectivity index (χ0) is 14.4. The Hall–Kier alpha value is -1.43. The number of ether oxygens (including phenoxy) is 1. The van der Waals surface area contributed by atoms with Crippen molar-refractivity contribution >= 4 is 5.91 Å². The van der Waals surface area contributed by atoms with Gasteiger partial charge in [0.15, 0.2) is 5.82 Å². The van der Waals surface area contributed by atoms with Gasteiger partial charge in [0.2, 0.25) is 11.8 Å². The standard InChI is InChI=1S/C14H23N3O3/c1-3-6-12-15-14(20-16-12)11-7-4-5-9-17(11)13(18)8-10-19-2/h11H,3-10H2,1-2H3/t11-/m1/s1. The van der Waals surface area contributed by atoms with E-state index in [1.807, 2.05) is 4.90 Å². The third-order valence-electron chi connectivity index (χ3n) is 3.59. The normalized spacial score (nSPS) is 19.3. The number of hydrogen-bond acceptors (Lipinski definition) is 5. The second-order valence-electron chi connectivity index (χ2n) is 5.14. The monoisotopic (exact) mass is 281 g/mol. The van der Waals surface area contributed by atoms with Crippen molar-refractivity contribution in [3.8, 4) is 0 Å². The Labute approximate surface area is 119 Å². The van der Waals surface area contributed by atoms with E-state index in [1.165, 1.54) is 0 Å². The van der Waals surface area contributed by atoms with Gasteiger partial charge in [0.1, 0.15) is 6.04 Å². The number of rotatable bonds is 6. The fraction of sp³-hybridized carbons (Fsp3) is 0.786. The Balaban J connectivity index is 2.07. The number of aromatic nitrogens is 2. The summed E-state index contributed by atoms with van der Waals surface area (Å²) in [7, 11) is 1.61. The Kier molecular flexibility index (Phi) is 5.52. The Morgan fingerprint density at radius 2 is 2.35 bits per heavy atom. The maximum Gasteiger partial charge on any atom is 0.249 e. The summed E-state index contributed by atoms with van der Waals surface area (Å²) >= 11 is 0. The molecule has 1 fully saturated rings. The summed E-state index contributed by atoms with van der Waals surface area (Å²) in [4.78, 5) is 18.5. The molecule has 20 heavy (non-hydrogen) atoms. The van der Waals surface area contributed by atoms with Crippen LogP contribution in [0.5, 0.6) is 0 Å². The lowest BCUT2D eigenvalue weighted by molar-refractivity contribution is -0.136. The van der Waals surface area contributed by atoms with E-state index in [0.717, 1.165) is 44.5 Å². The highest BCUT2D eigenvalue weighted by Gasteiger charge is 2.31. The first-order valence-corrected chi connectivity index (χ1v) is 7.37. The second kappa shape index (κ2) is 7.38. The largest absolute Gasteiger partial charge is 0.384 e. The highest BCUT2D eigenvalue weighted by molar-refractivity contribution is 5.76. The highest BCUT2D eigenvalue weighted by atomic mass is 16.5. The molecule has 1 aliphatic heterocycles. The van der Waals surface area contributed by atoms with Gasteiger partial charge in [0.05, 0.1) is 13.0 Å². The van der Waals surface area contributed by atoms with Gasteiger partial charge in [-0.15, -0.1) is 0 Å². The second-order valence-corrected chi connectivity index (χ2v) is 5.14. The average Bonchev–Trinajstić information content (AvgIpc) is 2.93. The first kappa shape index (κ1) is 15.0. The minimum absolute atomic E-state index is 0.0637. The van der Waals surface area contributed by atoms with E-state index in [0.29, 0.717) is 18.9 Å². The average molecular weight is 281 g/mol. The number of methoxy groups -OCH3 is 1. The SMILES string of the molecule is CCCc1noc([C@H]2CCCCN2C(=O)CCOC)n1. The van der Waals surface area contributed by atoms with Gasteiger partial charge in [-0.3, -0.25) is 4.79 Å². The zero-order valence-electron chi connectivity index (χ0n) is 12.3. The number of hydrogen-bond donors (Lipinski definition) is 0. The molecule has 0 unspecified atom stereocenters. The number of carbonyl (C=O) groups is 1. The summed E-state index contributed by atoms with van der Waals surface area (Å²) in [6.45, 7) is 3.29. The third kappa shape index (κ3) is 3.56. The van der Waals surface area contributed by atoms with Crippen molar-refractivity contribution in [2.45, 2.75) is 51.5 Å². The lowest BCUT2D eigenvalue weighted by Gasteiger charge is -2.33. The molecule has 112 valence electrons. The molecule has 1 amide bonds. The summed E-state index contributed by atoms with van der Waals surface area (Å²) in [5, 5.41) is 3.99. The van der Waals surface area contributed by atoms with Gasteiger partial charge in [-0.05, 0) is 25.7 Å². The molecule has 1 aliphatic rings. The molecule has 2 rings (SSSR count). The number of carbonyl (C=O) groups excluding carboxylic acids is 1. The number of nitrogens with zero attached hydrogens (tertiary/aromatic N) is 3. The Morgan fingerprint density at radius 3 is 3.10 bits per heavy atom. The molecule has 0 bridgehead atoms. The van der Waals surface area contributed by atoms with Crippen molar-refractivity contribution in [1.29, 1.82) is 0 Å². The molecule has 1 aromatic rings. The van der Waals surface area contributed by atoms with Crippen LogP contribution in [0.4, 0.5) is 0 Å². The summed E-state index contributed by atoms with van der Waals surface area (Å²) < 4.78 is 10.3. The minimum atomic E-state index is -0.0637. The maximum atomic E-state index is 12.2. The summed E-state index contributed by atoms with van der Waals surface area (Å²) in [5.74, 6) is 1.42. The molecule has 0 saturated carbocycles. The van der Waals surface area contributed by atoms with Crippen LogP contribution in [0.15, 0.2) is 4.52 Å². The predicted molar refractivity (Wildman–Crippen MR) is 73.1 cm³/mol. The Bertz CT molecular complexity index is 433. The van der Waals surface area contributed by atoms with E-state index in [-0.39, 0.29) is 11.9 Å². The maximum absolute atomic E-state index is 12.2. The molecule has 1 saturated heterocycles. The van der Waals surface area contributed by atoms with Crippen LogP contribution in [-0.2, 0) is 16.0 Å². The fourth-order valence-corrected chi connectivity index (χ4v) is 2.55. The predicted octanol–water partition coefficient (Wildman–Crippen LogP) is 2.11. The first-order valence-electron chi connectivity index (χ1n) is 7.37. The van der Waals surface area contributed by atoms with Gasteiger partial charge in [-0.1, -0.05) is 12.1 Å². The third-order valence-corrected chi connectivity index (χ3v) is 3.59. The van der Waals surface area contributed by atoms with E-state index < -0.39 is 0 Å². The van der Waals surface area contributed by atoms with E-state index >= 15 is 0 Å². The van der Waals surface area contributed by atoms with Crippen LogP contribution >= 0.6 is 0 Å². The summed E-state index contributed by atoms with van der Waals surface area (Å²) in [5.41, 5.74) is 0. The molecule has 6 heteroatoms. The molecular formula is C14H23N3O3. The number of likely N-dealkylation sites (tertiary alicyclic amines) is 1. The van der Waals surface area contributed by atoms with Gasteiger partial charge in [0.25, 0.3) is 0 Å². The van der Waals surface area contributed by atoms with Crippen molar-refractivity contribution in [2.24, 2.45) is 0 Å². The van der Waals surface area contributed by atoms with Gasteiger partial charge in [-0.2, -0.15) is 4.98 Å². The Morgan fingerprint density at radius 1 is 1.50 bits per heavy atom. The van der Waals surface area contributed by atoms with Crippen LogP contribution < -0.4 is 0 Å². The summed E-state index contributed by atoms with van der Waals surface area (Å²) in [6.07, 6.45) is 5.22. The summed E-state index contributed by atoms with van der Waals surface area (Å²) in [6, 6.07) is -0.0637. The molecule has 0 N–H and O–H groups in total. The van der Waals surface area contributed by atoms with Crippen LogP contribution in [0, 0.1) is 0 Å². The van der Waals surface area contributed by atoms with Crippen molar-refractivity contribution in [1.82, 2.24) is 15.0 Å². The fourth-order valence-electron chi connectivity index (χ4n) is 2.55.